The van der Waals surface area contributed by atoms with E-state index in [0.29, 0.717) is 16.9 Å². The standard InChI is InChI=1S/C10H20N2OS/c1-3-12(6-8(2)10(11)14)9-4-5-13-7-9/h8-9H,3-7H2,1-2H3,(H2,11,14). The van der Waals surface area contributed by atoms with Crippen molar-refractivity contribution in [2.75, 3.05) is 26.3 Å². The molecule has 1 aliphatic rings. The normalized spacial score (nSPS) is 24.1. The predicted molar refractivity (Wildman–Crippen MR) is 62.4 cm³/mol. The predicted octanol–water partition coefficient (Wildman–Crippen LogP) is 1.02. The van der Waals surface area contributed by atoms with Crippen LogP contribution in [0.5, 0.6) is 0 Å². The van der Waals surface area contributed by atoms with Crippen molar-refractivity contribution in [1.82, 2.24) is 4.90 Å². The van der Waals surface area contributed by atoms with Gasteiger partial charge in [0, 0.05) is 25.1 Å². The van der Waals surface area contributed by atoms with Crippen LogP contribution >= 0.6 is 12.2 Å². The van der Waals surface area contributed by atoms with Crippen LogP contribution in [-0.2, 0) is 4.74 Å². The minimum Gasteiger partial charge on any atom is -0.393 e. The molecule has 0 saturated carbocycles. The maximum Gasteiger partial charge on any atom is 0.0768 e. The molecule has 3 nitrogen and oxygen atoms in total. The van der Waals surface area contributed by atoms with Gasteiger partial charge in [-0.3, -0.25) is 4.90 Å². The maximum atomic E-state index is 5.61. The molecule has 82 valence electrons. The van der Waals surface area contributed by atoms with E-state index in [2.05, 4.69) is 18.7 Å². The summed E-state index contributed by atoms with van der Waals surface area (Å²) in [6.45, 7) is 8.01. The smallest absolute Gasteiger partial charge is 0.0768 e. The van der Waals surface area contributed by atoms with E-state index >= 15 is 0 Å². The zero-order valence-corrected chi connectivity index (χ0v) is 9.85. The molecule has 0 aromatic carbocycles. The molecule has 1 rings (SSSR count). The van der Waals surface area contributed by atoms with Crippen molar-refractivity contribution in [1.29, 1.82) is 0 Å². The second kappa shape index (κ2) is 5.63. The summed E-state index contributed by atoms with van der Waals surface area (Å²) < 4.78 is 5.38. The summed E-state index contributed by atoms with van der Waals surface area (Å²) in [4.78, 5) is 3.03. The van der Waals surface area contributed by atoms with Crippen LogP contribution in [0.15, 0.2) is 0 Å². The number of thiocarbonyl (C=S) groups is 1. The SMILES string of the molecule is CCN(CC(C)C(N)=S)C1CCOC1. The zero-order chi connectivity index (χ0) is 10.6. The minimum absolute atomic E-state index is 0.297. The number of nitrogens with zero attached hydrogens (tertiary/aromatic N) is 1. The average molecular weight is 216 g/mol. The van der Waals surface area contributed by atoms with Crippen LogP contribution in [0.3, 0.4) is 0 Å². The minimum atomic E-state index is 0.297. The van der Waals surface area contributed by atoms with Crippen molar-refractivity contribution >= 4 is 17.2 Å². The second-order valence-corrected chi connectivity index (χ2v) is 4.38. The molecular formula is C10H20N2OS. The van der Waals surface area contributed by atoms with Gasteiger partial charge in [-0.2, -0.15) is 0 Å². The van der Waals surface area contributed by atoms with E-state index in [1.54, 1.807) is 0 Å². The Bertz CT molecular complexity index is 193. The van der Waals surface area contributed by atoms with Gasteiger partial charge in [0.25, 0.3) is 0 Å². The molecule has 14 heavy (non-hydrogen) atoms. The third-order valence-corrected chi connectivity index (χ3v) is 3.22. The lowest BCUT2D eigenvalue weighted by molar-refractivity contribution is 0.143. The van der Waals surface area contributed by atoms with Gasteiger partial charge >= 0.3 is 0 Å². The molecule has 0 bridgehead atoms. The molecule has 0 aromatic heterocycles. The fourth-order valence-electron chi connectivity index (χ4n) is 1.79. The molecule has 2 unspecified atom stereocenters. The Morgan fingerprint density at radius 3 is 2.86 bits per heavy atom. The third-order valence-electron chi connectivity index (χ3n) is 2.82. The third kappa shape index (κ3) is 3.19. The van der Waals surface area contributed by atoms with Crippen molar-refractivity contribution in [3.8, 4) is 0 Å². The molecule has 0 aromatic rings. The fourth-order valence-corrected chi connectivity index (χ4v) is 1.86. The van der Waals surface area contributed by atoms with Crippen LogP contribution < -0.4 is 5.73 Å². The molecule has 1 aliphatic heterocycles. The first-order valence-corrected chi connectivity index (χ1v) is 5.67. The van der Waals surface area contributed by atoms with E-state index in [1.165, 1.54) is 0 Å². The van der Waals surface area contributed by atoms with E-state index in [-0.39, 0.29) is 0 Å². The summed E-state index contributed by atoms with van der Waals surface area (Å²) in [5, 5.41) is 0. The Kier molecular flexibility index (Phi) is 4.78. The largest absolute Gasteiger partial charge is 0.393 e. The van der Waals surface area contributed by atoms with E-state index < -0.39 is 0 Å². The van der Waals surface area contributed by atoms with Gasteiger partial charge in [0.05, 0.1) is 11.6 Å². The monoisotopic (exact) mass is 216 g/mol. The van der Waals surface area contributed by atoms with Gasteiger partial charge in [0.15, 0.2) is 0 Å². The van der Waals surface area contributed by atoms with E-state index in [0.717, 1.165) is 32.7 Å². The highest BCUT2D eigenvalue weighted by molar-refractivity contribution is 7.80. The van der Waals surface area contributed by atoms with E-state index in [1.807, 2.05) is 0 Å². The summed E-state index contributed by atoms with van der Waals surface area (Å²) in [6, 6.07) is 0.566. The van der Waals surface area contributed by atoms with Gasteiger partial charge in [0.2, 0.25) is 0 Å². The highest BCUT2D eigenvalue weighted by Crippen LogP contribution is 2.14. The van der Waals surface area contributed by atoms with Crippen molar-refractivity contribution in [2.24, 2.45) is 11.7 Å². The topological polar surface area (TPSA) is 38.5 Å². The van der Waals surface area contributed by atoms with Crippen molar-refractivity contribution in [2.45, 2.75) is 26.3 Å². The van der Waals surface area contributed by atoms with Crippen molar-refractivity contribution in [3.63, 3.8) is 0 Å². The van der Waals surface area contributed by atoms with Crippen LogP contribution in [0.1, 0.15) is 20.3 Å². The number of rotatable bonds is 5. The van der Waals surface area contributed by atoms with Gasteiger partial charge in [-0.1, -0.05) is 26.1 Å². The van der Waals surface area contributed by atoms with Gasteiger partial charge in [-0.25, -0.2) is 0 Å². The first kappa shape index (κ1) is 11.9. The molecule has 1 heterocycles. The summed E-state index contributed by atoms with van der Waals surface area (Å²) >= 11 is 4.98. The van der Waals surface area contributed by atoms with Crippen molar-refractivity contribution in [3.05, 3.63) is 0 Å². The highest BCUT2D eigenvalue weighted by Gasteiger charge is 2.23. The average Bonchev–Trinajstić information content (AvgIpc) is 2.66. The van der Waals surface area contributed by atoms with Crippen LogP contribution in [0.4, 0.5) is 0 Å². The number of ether oxygens (including phenoxy) is 1. The second-order valence-electron chi connectivity index (χ2n) is 3.91. The van der Waals surface area contributed by atoms with Crippen LogP contribution in [-0.4, -0.2) is 42.2 Å². The quantitative estimate of drug-likeness (QED) is 0.696. The molecule has 0 spiro atoms. The molecule has 2 atom stereocenters. The van der Waals surface area contributed by atoms with E-state index in [4.69, 9.17) is 22.7 Å². The van der Waals surface area contributed by atoms with Gasteiger partial charge < -0.3 is 10.5 Å². The fraction of sp³-hybridized carbons (Fsp3) is 0.900. The molecule has 2 N–H and O–H groups in total. The molecule has 0 aliphatic carbocycles. The molecular weight excluding hydrogens is 196 g/mol. The summed E-state index contributed by atoms with van der Waals surface area (Å²) in [5.74, 6) is 0.297. The molecule has 1 fully saturated rings. The van der Waals surface area contributed by atoms with E-state index in [9.17, 15) is 0 Å². The lowest BCUT2D eigenvalue weighted by Crippen LogP contribution is -2.41. The number of nitrogens with two attached hydrogens (primary N) is 1. The van der Waals surface area contributed by atoms with Crippen LogP contribution in [0, 0.1) is 5.92 Å². The maximum absolute atomic E-state index is 5.61. The van der Waals surface area contributed by atoms with Gasteiger partial charge in [0.1, 0.15) is 0 Å². The Morgan fingerprint density at radius 1 is 1.71 bits per heavy atom. The molecule has 0 amide bonds. The molecule has 0 radical (unpaired) electrons. The summed E-state index contributed by atoms with van der Waals surface area (Å²) in [5.41, 5.74) is 5.61. The number of likely N-dealkylation sites (N-methyl/N-ethyl adjacent to an activating group) is 1. The van der Waals surface area contributed by atoms with Crippen LogP contribution in [0.2, 0.25) is 0 Å². The Morgan fingerprint density at radius 2 is 2.43 bits per heavy atom. The zero-order valence-electron chi connectivity index (χ0n) is 9.03. The lowest BCUT2D eigenvalue weighted by atomic mass is 10.1. The molecule has 4 heteroatoms. The van der Waals surface area contributed by atoms with Crippen LogP contribution in [0.25, 0.3) is 0 Å². The summed E-state index contributed by atoms with van der Waals surface area (Å²) in [7, 11) is 0. The van der Waals surface area contributed by atoms with Gasteiger partial charge in [-0.05, 0) is 13.0 Å². The number of hydrogen-bond acceptors (Lipinski definition) is 3. The number of hydrogen-bond donors (Lipinski definition) is 1. The molecule has 1 saturated heterocycles. The Balaban J connectivity index is 2.41. The first-order chi connectivity index (χ1) is 6.65. The Labute approximate surface area is 91.6 Å². The Hall–Kier alpha value is -0.190. The first-order valence-electron chi connectivity index (χ1n) is 5.26. The highest BCUT2D eigenvalue weighted by atomic mass is 32.1. The lowest BCUT2D eigenvalue weighted by Gasteiger charge is -2.28. The van der Waals surface area contributed by atoms with Crippen molar-refractivity contribution < 1.29 is 4.74 Å². The van der Waals surface area contributed by atoms with Gasteiger partial charge in [-0.15, -0.1) is 0 Å². The summed E-state index contributed by atoms with van der Waals surface area (Å²) in [6.07, 6.45) is 1.14.